The highest BCUT2D eigenvalue weighted by molar-refractivity contribution is 8.14. The van der Waals surface area contributed by atoms with Gasteiger partial charge in [0.2, 0.25) is 35.4 Å². The molecule has 78 heavy (non-hydrogen) atoms. The summed E-state index contributed by atoms with van der Waals surface area (Å²) in [6.45, 7) is 15.8. The summed E-state index contributed by atoms with van der Waals surface area (Å²) in [5, 5.41) is 20.6. The van der Waals surface area contributed by atoms with Crippen LogP contribution >= 0.6 is 23.5 Å². The number of amides is 7. The first kappa shape index (κ1) is 61.4. The normalized spacial score (nSPS) is 30.3. The first-order chi connectivity index (χ1) is 36.9. The number of hydrogen-bond acceptors (Lipinski definition) is 14. The Kier molecular flexibility index (Phi) is 21.2. The highest BCUT2D eigenvalue weighted by Gasteiger charge is 2.47. The minimum Gasteiger partial charge on any atom is -0.452 e. The first-order valence-corrected chi connectivity index (χ1v) is 29.3. The highest BCUT2D eigenvalue weighted by atomic mass is 32.2. The summed E-state index contributed by atoms with van der Waals surface area (Å²) in [6, 6.07) is 11.1. The summed E-state index contributed by atoms with van der Waals surface area (Å²) >= 11 is 2.75. The number of thioether (sulfide) groups is 2. The van der Waals surface area contributed by atoms with Crippen LogP contribution in [0.15, 0.2) is 70.6 Å². The number of aliphatic hydroxyl groups excluding tert-OH is 1. The molecule has 12 atom stereocenters. The number of nitrogens with one attached hydrogen (secondary N) is 3. The van der Waals surface area contributed by atoms with Crippen LogP contribution < -0.4 is 16.0 Å². The molecule has 0 unspecified atom stereocenters. The number of esters is 1. The van der Waals surface area contributed by atoms with E-state index in [1.54, 1.807) is 55.0 Å². The number of aliphatic hydroxyl groups is 1. The second-order valence-corrected chi connectivity index (χ2v) is 24.3. The van der Waals surface area contributed by atoms with Crippen molar-refractivity contribution in [2.45, 2.75) is 167 Å². The topological polar surface area (TPSA) is 240 Å². The zero-order chi connectivity index (χ0) is 57.3. The third kappa shape index (κ3) is 14.5. The number of carbonyl (C=O) groups excluding carboxylic acids is 8. The van der Waals surface area contributed by atoms with Crippen LogP contribution in [0.2, 0.25) is 0 Å². The molecule has 0 aromatic heterocycles. The van der Waals surface area contributed by atoms with Gasteiger partial charge in [-0.05, 0) is 82.8 Å². The van der Waals surface area contributed by atoms with E-state index >= 15 is 9.59 Å². The summed E-state index contributed by atoms with van der Waals surface area (Å²) in [7, 11) is 4.70. The number of likely N-dealkylation sites (N-methyl/N-ethyl adjacent to an activating group) is 3. The molecule has 6 rings (SSSR count). The summed E-state index contributed by atoms with van der Waals surface area (Å²) < 4.78 is 6.06. The molecule has 4 bridgehead atoms. The van der Waals surface area contributed by atoms with Crippen LogP contribution in [0.25, 0.3) is 0 Å². The lowest BCUT2D eigenvalue weighted by molar-refractivity contribution is -0.166. The average Bonchev–Trinajstić information content (AvgIpc) is 4.24. The van der Waals surface area contributed by atoms with Crippen molar-refractivity contribution < 1.29 is 48.2 Å². The van der Waals surface area contributed by atoms with Gasteiger partial charge < -0.3 is 45.4 Å². The molecule has 21 heteroatoms. The van der Waals surface area contributed by atoms with Crippen molar-refractivity contribution in [2.75, 3.05) is 39.2 Å². The monoisotopic (exact) mass is 1120 g/mol. The Hall–Kier alpha value is -5.80. The number of hydrogen-bond donors (Lipinski definition) is 4. The third-order valence-corrected chi connectivity index (χ3v) is 17.9. The van der Waals surface area contributed by atoms with Crippen LogP contribution in [-0.4, -0.2) is 187 Å². The van der Waals surface area contributed by atoms with Crippen molar-refractivity contribution in [3.05, 3.63) is 71.8 Å². The van der Waals surface area contributed by atoms with E-state index in [1.165, 1.54) is 61.3 Å². The van der Waals surface area contributed by atoms with Crippen LogP contribution in [0, 0.1) is 17.8 Å². The van der Waals surface area contributed by atoms with Crippen molar-refractivity contribution >= 4 is 80.9 Å². The van der Waals surface area contributed by atoms with Gasteiger partial charge in [0.15, 0.2) is 6.10 Å². The van der Waals surface area contributed by atoms with Crippen LogP contribution in [-0.2, 0) is 55.9 Å². The third-order valence-electron chi connectivity index (χ3n) is 15.3. The average molecular weight is 1120 g/mol. The maximum atomic E-state index is 15.0. The maximum Gasteiger partial charge on any atom is 0.311 e. The molecule has 426 valence electrons. The number of rotatable bonds is 9. The van der Waals surface area contributed by atoms with Gasteiger partial charge >= 0.3 is 5.97 Å². The summed E-state index contributed by atoms with van der Waals surface area (Å²) in [6.07, 6.45) is -0.911. The Morgan fingerprint density at radius 3 is 1.95 bits per heavy atom. The Bertz CT molecular complexity index is 2570. The molecule has 2 aromatic rings. The van der Waals surface area contributed by atoms with E-state index in [0.717, 1.165) is 5.56 Å². The summed E-state index contributed by atoms with van der Waals surface area (Å²) in [4.78, 5) is 132. The number of benzene rings is 2. The van der Waals surface area contributed by atoms with Crippen molar-refractivity contribution in [3.63, 3.8) is 0 Å². The zero-order valence-electron chi connectivity index (χ0n) is 47.3. The van der Waals surface area contributed by atoms with Crippen molar-refractivity contribution in [2.24, 2.45) is 27.7 Å². The van der Waals surface area contributed by atoms with Gasteiger partial charge in [0.05, 0.1) is 34.2 Å². The standard InChI is InChI=1S/C57H81N9O10S2/c1-13-39-49-59-40(30-77-49)51(70)63(10)42(27-32(2)3)47(68)61-45(36(8)67)48(69)58-35(7)34(6)55(74)76-44(29-38-23-18-15-19-24-38)53(72)65(12)46(33(4)5)54(73)66-26-20-25-41(66)52(71)64(11)43(28-37-21-16-14-17-22-37)50-62-57(9,31-78-50)56(75)60-39/h14-19,21-24,32-36,39-46,67H,13,20,25-31H2,1-12H3,(H,58,69)(H,60,75)(H,61,68)/t34-,35-,36+,39+,40-,41-,42-,43-,44-,45-,46-,57+/m0/s1. The predicted molar refractivity (Wildman–Crippen MR) is 303 cm³/mol. The molecule has 0 radical (unpaired) electrons. The Morgan fingerprint density at radius 1 is 0.744 bits per heavy atom. The molecule has 2 aromatic carbocycles. The molecular formula is C57H81N9O10S2. The molecule has 1 fully saturated rings. The van der Waals surface area contributed by atoms with E-state index in [-0.39, 0.29) is 48.6 Å². The van der Waals surface area contributed by atoms with Gasteiger partial charge in [-0.25, -0.2) is 0 Å². The second-order valence-electron chi connectivity index (χ2n) is 22.2. The molecule has 4 aliphatic heterocycles. The molecule has 19 nitrogen and oxygen atoms in total. The molecule has 7 amide bonds. The van der Waals surface area contributed by atoms with Crippen LogP contribution in [0.3, 0.4) is 0 Å². The maximum absolute atomic E-state index is 15.0. The minimum atomic E-state index is -1.50. The predicted octanol–water partition coefficient (Wildman–Crippen LogP) is 3.89. The van der Waals surface area contributed by atoms with Gasteiger partial charge in [0.1, 0.15) is 35.7 Å². The molecule has 4 aliphatic rings. The fourth-order valence-corrected chi connectivity index (χ4v) is 12.8. The number of nitrogens with zero attached hydrogens (tertiary/aromatic N) is 6. The van der Waals surface area contributed by atoms with E-state index in [9.17, 15) is 33.9 Å². The van der Waals surface area contributed by atoms with Crippen LogP contribution in [0.1, 0.15) is 99.1 Å². The Labute approximate surface area is 468 Å². The van der Waals surface area contributed by atoms with E-state index in [0.29, 0.717) is 41.3 Å². The molecule has 0 spiro atoms. The first-order valence-electron chi connectivity index (χ1n) is 27.3. The highest BCUT2D eigenvalue weighted by Crippen LogP contribution is 2.34. The molecule has 1 saturated heterocycles. The van der Waals surface area contributed by atoms with E-state index < -0.39 is 113 Å². The number of ether oxygens (including phenoxy) is 1. The summed E-state index contributed by atoms with van der Waals surface area (Å²) in [5.74, 6) is -5.53. The number of fused-ring (bicyclic) bond motifs is 3. The molecule has 4 heterocycles. The Morgan fingerprint density at radius 2 is 1.36 bits per heavy atom. The van der Waals surface area contributed by atoms with E-state index in [4.69, 9.17) is 14.7 Å². The van der Waals surface area contributed by atoms with Crippen molar-refractivity contribution in [1.82, 2.24) is 35.6 Å². The fourth-order valence-electron chi connectivity index (χ4n) is 10.3. The van der Waals surface area contributed by atoms with Gasteiger partial charge in [-0.1, -0.05) is 95.3 Å². The largest absolute Gasteiger partial charge is 0.452 e. The van der Waals surface area contributed by atoms with E-state index in [1.807, 2.05) is 71.0 Å². The van der Waals surface area contributed by atoms with Gasteiger partial charge in [-0.15, -0.1) is 23.5 Å². The summed E-state index contributed by atoms with van der Waals surface area (Å²) in [5.41, 5.74) is 0.370. The van der Waals surface area contributed by atoms with Gasteiger partial charge in [0, 0.05) is 51.7 Å². The van der Waals surface area contributed by atoms with Crippen LogP contribution in [0.4, 0.5) is 0 Å². The molecular weight excluding hydrogens is 1030 g/mol. The lowest BCUT2D eigenvalue weighted by atomic mass is 9.98. The van der Waals surface area contributed by atoms with Crippen molar-refractivity contribution in [1.29, 1.82) is 0 Å². The Balaban J connectivity index is 1.40. The van der Waals surface area contributed by atoms with Crippen molar-refractivity contribution in [3.8, 4) is 0 Å². The van der Waals surface area contributed by atoms with Crippen LogP contribution in [0.5, 0.6) is 0 Å². The lowest BCUT2D eigenvalue weighted by Gasteiger charge is -2.38. The quantitative estimate of drug-likeness (QED) is 0.262. The van der Waals surface area contributed by atoms with E-state index in [2.05, 4.69) is 16.0 Å². The second kappa shape index (κ2) is 26.9. The molecule has 4 N–H and O–H groups in total. The van der Waals surface area contributed by atoms with Gasteiger partial charge in [-0.3, -0.25) is 48.3 Å². The number of cyclic esters (lactones) is 1. The van der Waals surface area contributed by atoms with Gasteiger partial charge in [0.25, 0.3) is 5.91 Å². The number of carbonyl (C=O) groups is 8. The molecule has 0 aliphatic carbocycles. The molecule has 0 saturated carbocycles. The number of aliphatic imine (C=N–C) groups is 2. The zero-order valence-corrected chi connectivity index (χ0v) is 48.9. The SMILES string of the molecule is CC[C@H]1NC(=O)[C@@]2(C)CSC(=N2)[C@H](Cc2ccccc2)N(C)C(=O)[C@@H]2CCCN2C(=O)[C@H](C(C)C)N(C)C(=O)[C@H](Cc2ccccc2)OC(=O)[C@@H](C)[C@H](C)NC(=O)[C@H]([C@@H](C)O)NC(=O)[C@H](CC(C)C)N(C)C(=O)[C@@H]2CSC1=N2. The lowest BCUT2D eigenvalue weighted by Crippen LogP contribution is -2.59. The fraction of sp³-hybridized carbons (Fsp3) is 0.614. The van der Waals surface area contributed by atoms with Gasteiger partial charge in [-0.2, -0.15) is 0 Å². The smallest absolute Gasteiger partial charge is 0.311 e. The minimum absolute atomic E-state index is 0.0415.